The number of ether oxygens (including phenoxy) is 1. The van der Waals surface area contributed by atoms with Crippen LogP contribution in [0.25, 0.3) is 0 Å². The van der Waals surface area contributed by atoms with Crippen LogP contribution in [0.5, 0.6) is 0 Å². The lowest BCUT2D eigenvalue weighted by atomic mass is 10.2. The molecule has 0 heterocycles. The van der Waals surface area contributed by atoms with Crippen LogP contribution in [0.15, 0.2) is 11.6 Å². The Morgan fingerprint density at radius 3 is 2.39 bits per heavy atom. The smallest absolute Gasteiger partial charge is 0.341 e. The lowest BCUT2D eigenvalue weighted by Gasteiger charge is -2.37. The maximum Gasteiger partial charge on any atom is 0.341 e. The Morgan fingerprint density at radius 1 is 1.39 bits per heavy atom. The largest absolute Gasteiger partial charge is 0.465 e. The van der Waals surface area contributed by atoms with Crippen molar-refractivity contribution in [2.24, 2.45) is 0 Å². The quantitative estimate of drug-likeness (QED) is 0.449. The van der Waals surface area contributed by atoms with Crippen molar-refractivity contribution in [2.75, 3.05) is 7.11 Å². The minimum absolute atomic E-state index is 0.0813. The molecular formula is C13H22O4Si. The van der Waals surface area contributed by atoms with Gasteiger partial charge >= 0.3 is 5.97 Å². The van der Waals surface area contributed by atoms with E-state index >= 15 is 0 Å². The molecule has 0 aromatic heterocycles. The highest BCUT2D eigenvalue weighted by Crippen LogP contribution is 2.38. The van der Waals surface area contributed by atoms with E-state index in [-0.39, 0.29) is 28.9 Å². The number of methoxy groups -OCH3 is 1. The Balaban J connectivity index is 2.81. The molecule has 1 atom stereocenters. The third-order valence-corrected chi connectivity index (χ3v) is 8.20. The first-order chi connectivity index (χ1) is 8.08. The van der Waals surface area contributed by atoms with Gasteiger partial charge < -0.3 is 9.16 Å². The van der Waals surface area contributed by atoms with Gasteiger partial charge in [-0.05, 0) is 24.2 Å². The maximum atomic E-state index is 11.7. The van der Waals surface area contributed by atoms with Gasteiger partial charge in [0.1, 0.15) is 5.57 Å². The number of Topliss-reactive ketones (excluding diaryl/α,β-unsaturated/α-hetero) is 1. The summed E-state index contributed by atoms with van der Waals surface area (Å²) >= 11 is 0. The summed E-state index contributed by atoms with van der Waals surface area (Å²) in [5, 5.41) is 0.0813. The average molecular weight is 270 g/mol. The van der Waals surface area contributed by atoms with Crippen LogP contribution in [0.3, 0.4) is 0 Å². The summed E-state index contributed by atoms with van der Waals surface area (Å²) in [6.07, 6.45) is 1.57. The first-order valence-electron chi connectivity index (χ1n) is 6.09. The van der Waals surface area contributed by atoms with Crippen molar-refractivity contribution in [3.8, 4) is 0 Å². The van der Waals surface area contributed by atoms with Crippen LogP contribution in [-0.2, 0) is 18.8 Å². The lowest BCUT2D eigenvalue weighted by molar-refractivity contribution is -0.137. The van der Waals surface area contributed by atoms with Crippen LogP contribution in [0.2, 0.25) is 18.1 Å². The predicted octanol–water partition coefficient (Wildman–Crippen LogP) is 2.45. The highest BCUT2D eigenvalue weighted by atomic mass is 28.4. The summed E-state index contributed by atoms with van der Waals surface area (Å²) in [6.45, 7) is 10.7. The van der Waals surface area contributed by atoms with Gasteiger partial charge in [0.15, 0.2) is 14.1 Å². The van der Waals surface area contributed by atoms with Gasteiger partial charge in [-0.3, -0.25) is 4.79 Å². The lowest BCUT2D eigenvalue weighted by Crippen LogP contribution is -2.43. The Kier molecular flexibility index (Phi) is 4.18. The number of carbonyl (C=O) groups is 2. The molecule has 102 valence electrons. The molecular weight excluding hydrogens is 248 g/mol. The monoisotopic (exact) mass is 270 g/mol. The fourth-order valence-corrected chi connectivity index (χ4v) is 2.81. The van der Waals surface area contributed by atoms with Crippen molar-refractivity contribution in [3.63, 3.8) is 0 Å². The van der Waals surface area contributed by atoms with Crippen LogP contribution >= 0.6 is 0 Å². The van der Waals surface area contributed by atoms with Crippen LogP contribution < -0.4 is 0 Å². The molecule has 0 aliphatic heterocycles. The van der Waals surface area contributed by atoms with E-state index in [1.807, 2.05) is 0 Å². The summed E-state index contributed by atoms with van der Waals surface area (Å²) < 4.78 is 10.7. The van der Waals surface area contributed by atoms with E-state index in [2.05, 4.69) is 38.6 Å². The highest BCUT2D eigenvalue weighted by molar-refractivity contribution is 6.74. The number of rotatable bonds is 3. The number of hydrogen-bond donors (Lipinski definition) is 0. The summed E-state index contributed by atoms with van der Waals surface area (Å²) in [5.41, 5.74) is 0.126. The summed E-state index contributed by atoms with van der Waals surface area (Å²) in [6, 6.07) is 0. The molecule has 1 rings (SSSR count). The Morgan fingerprint density at radius 2 is 1.94 bits per heavy atom. The number of hydrogen-bond acceptors (Lipinski definition) is 4. The zero-order chi connectivity index (χ0) is 14.1. The van der Waals surface area contributed by atoms with Gasteiger partial charge in [-0.15, -0.1) is 0 Å². The third kappa shape index (κ3) is 3.08. The molecule has 18 heavy (non-hydrogen) atoms. The summed E-state index contributed by atoms with van der Waals surface area (Å²) in [4.78, 5) is 23.1. The molecule has 4 nitrogen and oxygen atoms in total. The van der Waals surface area contributed by atoms with Gasteiger partial charge in [-0.25, -0.2) is 4.79 Å². The van der Waals surface area contributed by atoms with Crippen molar-refractivity contribution in [2.45, 2.75) is 51.4 Å². The van der Waals surface area contributed by atoms with Gasteiger partial charge in [0.25, 0.3) is 0 Å². The van der Waals surface area contributed by atoms with Crippen molar-refractivity contribution >= 4 is 20.1 Å². The fourth-order valence-electron chi connectivity index (χ4n) is 1.55. The van der Waals surface area contributed by atoms with E-state index in [0.29, 0.717) is 0 Å². The van der Waals surface area contributed by atoms with Gasteiger partial charge in [0.05, 0.1) is 13.2 Å². The summed E-state index contributed by atoms with van der Waals surface area (Å²) in [5.74, 6) is -0.758. The van der Waals surface area contributed by atoms with Gasteiger partial charge in [-0.2, -0.15) is 0 Å². The molecule has 0 unspecified atom stereocenters. The van der Waals surface area contributed by atoms with E-state index in [4.69, 9.17) is 4.43 Å². The molecule has 1 aliphatic carbocycles. The molecule has 0 fully saturated rings. The van der Waals surface area contributed by atoms with Crippen molar-refractivity contribution < 1.29 is 18.8 Å². The second-order valence-electron chi connectivity index (χ2n) is 6.12. The van der Waals surface area contributed by atoms with E-state index in [1.54, 1.807) is 6.08 Å². The van der Waals surface area contributed by atoms with Crippen LogP contribution in [0.1, 0.15) is 27.2 Å². The minimum atomic E-state index is -1.92. The number of esters is 1. The molecule has 0 bridgehead atoms. The Labute approximate surface area is 109 Å². The zero-order valence-electron chi connectivity index (χ0n) is 12.0. The second-order valence-corrected chi connectivity index (χ2v) is 10.9. The molecule has 5 heteroatoms. The zero-order valence-corrected chi connectivity index (χ0v) is 13.0. The van der Waals surface area contributed by atoms with E-state index < -0.39 is 14.3 Å². The van der Waals surface area contributed by atoms with Crippen LogP contribution in [0, 0.1) is 0 Å². The SMILES string of the molecule is COC(=O)C1=C[C@@H](O[Si](C)(C)C(C)(C)C)CC1=O. The Bertz CT molecular complexity index is 390. The van der Waals surface area contributed by atoms with Gasteiger partial charge in [-0.1, -0.05) is 20.8 Å². The van der Waals surface area contributed by atoms with E-state index in [9.17, 15) is 9.59 Å². The van der Waals surface area contributed by atoms with E-state index in [1.165, 1.54) is 7.11 Å². The maximum absolute atomic E-state index is 11.7. The van der Waals surface area contributed by atoms with Crippen LogP contribution in [0.4, 0.5) is 0 Å². The van der Waals surface area contributed by atoms with Gasteiger partial charge in [0, 0.05) is 6.42 Å². The second kappa shape index (κ2) is 4.97. The standard InChI is InChI=1S/C13H22O4Si/c1-13(2,3)18(5,6)17-9-7-10(11(14)8-9)12(15)16-4/h7,9H,8H2,1-6H3/t9-/m1/s1. The Hall–Kier alpha value is -0.943. The number of carbonyl (C=O) groups excluding carboxylic acids is 2. The van der Waals surface area contributed by atoms with Crippen molar-refractivity contribution in [1.82, 2.24) is 0 Å². The highest BCUT2D eigenvalue weighted by Gasteiger charge is 2.41. The van der Waals surface area contributed by atoms with Crippen LogP contribution in [-0.4, -0.2) is 33.3 Å². The number of ketones is 1. The summed E-state index contributed by atoms with van der Waals surface area (Å²) in [7, 11) is -0.647. The molecule has 0 N–H and O–H groups in total. The van der Waals surface area contributed by atoms with Gasteiger partial charge in [0.2, 0.25) is 0 Å². The molecule has 0 spiro atoms. The molecule has 0 radical (unpaired) electrons. The molecule has 0 aromatic carbocycles. The predicted molar refractivity (Wildman–Crippen MR) is 71.8 cm³/mol. The first-order valence-corrected chi connectivity index (χ1v) is 9.00. The van der Waals surface area contributed by atoms with Crippen molar-refractivity contribution in [1.29, 1.82) is 0 Å². The molecule has 0 aromatic rings. The van der Waals surface area contributed by atoms with Crippen molar-refractivity contribution in [3.05, 3.63) is 11.6 Å². The topological polar surface area (TPSA) is 52.6 Å². The minimum Gasteiger partial charge on any atom is -0.465 e. The first kappa shape index (κ1) is 15.1. The average Bonchev–Trinajstić information content (AvgIpc) is 2.55. The normalized spacial score (nSPS) is 20.9. The molecule has 0 amide bonds. The molecule has 0 saturated carbocycles. The molecule has 0 saturated heterocycles. The van der Waals surface area contributed by atoms with E-state index in [0.717, 1.165) is 0 Å². The fraction of sp³-hybridized carbons (Fsp3) is 0.692. The molecule has 1 aliphatic rings. The third-order valence-electron chi connectivity index (χ3n) is 3.70.